The van der Waals surface area contributed by atoms with E-state index < -0.39 is 0 Å². The van der Waals surface area contributed by atoms with Crippen LogP contribution in [0.25, 0.3) is 5.82 Å². The lowest BCUT2D eigenvalue weighted by molar-refractivity contribution is 0.102. The van der Waals surface area contributed by atoms with E-state index in [1.54, 1.807) is 30.5 Å². The number of anilines is 1. The van der Waals surface area contributed by atoms with E-state index in [4.69, 9.17) is 0 Å². The Morgan fingerprint density at radius 3 is 2.71 bits per heavy atom. The molecule has 0 aliphatic heterocycles. The van der Waals surface area contributed by atoms with Crippen molar-refractivity contribution in [3.63, 3.8) is 0 Å². The van der Waals surface area contributed by atoms with Gasteiger partial charge in [-0.1, -0.05) is 0 Å². The molecule has 1 amide bonds. The lowest BCUT2D eigenvalue weighted by Crippen LogP contribution is -2.14. The minimum absolute atomic E-state index is 0.194. The predicted molar refractivity (Wildman–Crippen MR) is 86.3 cm³/mol. The second kappa shape index (κ2) is 6.00. The zero-order valence-electron chi connectivity index (χ0n) is 10.8. The summed E-state index contributed by atoms with van der Waals surface area (Å²) in [6, 6.07) is 10.9. The van der Waals surface area contributed by atoms with Gasteiger partial charge in [-0.25, -0.2) is 14.6 Å². The molecule has 0 saturated heterocycles. The number of halogens is 1. The van der Waals surface area contributed by atoms with Gasteiger partial charge in [-0.3, -0.25) is 4.79 Å². The van der Waals surface area contributed by atoms with Crippen LogP contribution in [0.4, 0.5) is 5.69 Å². The van der Waals surface area contributed by atoms with Crippen molar-refractivity contribution in [1.82, 2.24) is 19.7 Å². The van der Waals surface area contributed by atoms with Crippen molar-refractivity contribution in [3.8, 4) is 5.82 Å². The summed E-state index contributed by atoms with van der Waals surface area (Å²) in [4.78, 5) is 20.4. The van der Waals surface area contributed by atoms with Gasteiger partial charge in [-0.2, -0.15) is 5.10 Å². The van der Waals surface area contributed by atoms with Crippen LogP contribution in [0.1, 0.15) is 10.4 Å². The monoisotopic (exact) mass is 391 g/mol. The third kappa shape index (κ3) is 3.07. The van der Waals surface area contributed by atoms with Crippen LogP contribution in [0.5, 0.6) is 0 Å². The molecule has 0 aliphatic rings. The molecule has 2 aromatic heterocycles. The van der Waals surface area contributed by atoms with Gasteiger partial charge in [-0.15, -0.1) is 0 Å². The van der Waals surface area contributed by atoms with Crippen molar-refractivity contribution in [3.05, 3.63) is 64.4 Å². The molecule has 3 rings (SSSR count). The maximum absolute atomic E-state index is 12.3. The third-order valence-corrected chi connectivity index (χ3v) is 3.50. The molecule has 0 bridgehead atoms. The Kier molecular flexibility index (Phi) is 3.91. The highest BCUT2D eigenvalue weighted by molar-refractivity contribution is 14.1. The van der Waals surface area contributed by atoms with E-state index in [1.165, 1.54) is 17.3 Å². The highest BCUT2D eigenvalue weighted by Crippen LogP contribution is 2.17. The van der Waals surface area contributed by atoms with Gasteiger partial charge in [0.15, 0.2) is 5.82 Å². The summed E-state index contributed by atoms with van der Waals surface area (Å²) in [5.74, 6) is 0.328. The maximum atomic E-state index is 12.3. The summed E-state index contributed by atoms with van der Waals surface area (Å²) in [6.07, 6.45) is 4.58. The van der Waals surface area contributed by atoms with Crippen LogP contribution in [0.2, 0.25) is 0 Å². The molecule has 0 spiro atoms. The highest BCUT2D eigenvalue weighted by atomic mass is 127. The fourth-order valence-corrected chi connectivity index (χ4v) is 2.15. The average molecular weight is 391 g/mol. The zero-order valence-corrected chi connectivity index (χ0v) is 12.9. The number of benzene rings is 1. The Balaban J connectivity index is 1.88. The van der Waals surface area contributed by atoms with Crippen molar-refractivity contribution >= 4 is 34.2 Å². The van der Waals surface area contributed by atoms with Crippen molar-refractivity contribution < 1.29 is 4.79 Å². The lowest BCUT2D eigenvalue weighted by Gasteiger charge is -2.09. The molecule has 0 radical (unpaired) electrons. The molecule has 104 valence electrons. The highest BCUT2D eigenvalue weighted by Gasteiger charge is 2.11. The van der Waals surface area contributed by atoms with Crippen LogP contribution >= 0.6 is 22.6 Å². The summed E-state index contributed by atoms with van der Waals surface area (Å²) < 4.78 is 2.58. The first-order chi connectivity index (χ1) is 10.2. The van der Waals surface area contributed by atoms with E-state index in [1.807, 2.05) is 12.1 Å². The van der Waals surface area contributed by atoms with Crippen LogP contribution in [-0.4, -0.2) is 25.7 Å². The molecule has 1 N–H and O–H groups in total. The van der Waals surface area contributed by atoms with Crippen molar-refractivity contribution in [1.29, 1.82) is 0 Å². The van der Waals surface area contributed by atoms with E-state index in [2.05, 4.69) is 43.0 Å². The summed E-state index contributed by atoms with van der Waals surface area (Å²) in [7, 11) is 0. The first-order valence-corrected chi connectivity index (χ1v) is 7.19. The Morgan fingerprint density at radius 2 is 2.00 bits per heavy atom. The normalized spacial score (nSPS) is 10.3. The second-order valence-electron chi connectivity index (χ2n) is 4.18. The van der Waals surface area contributed by atoms with Gasteiger partial charge in [0.2, 0.25) is 0 Å². The molecule has 6 nitrogen and oxygen atoms in total. The number of nitrogens with zero attached hydrogens (tertiary/aromatic N) is 4. The Morgan fingerprint density at radius 1 is 1.19 bits per heavy atom. The van der Waals surface area contributed by atoms with E-state index >= 15 is 0 Å². The molecule has 0 aliphatic carbocycles. The standard InChI is InChI=1S/C14H10IN5O/c15-11-5-3-10(4-6-11)14(21)19-12-2-1-7-17-13(12)20-9-16-8-18-20/h1-9H,(H,19,21). The average Bonchev–Trinajstić information content (AvgIpc) is 3.02. The fourth-order valence-electron chi connectivity index (χ4n) is 1.79. The van der Waals surface area contributed by atoms with E-state index in [0.717, 1.165) is 3.57 Å². The van der Waals surface area contributed by atoms with Gasteiger partial charge in [0.1, 0.15) is 12.7 Å². The van der Waals surface area contributed by atoms with E-state index in [9.17, 15) is 4.79 Å². The smallest absolute Gasteiger partial charge is 0.255 e. The van der Waals surface area contributed by atoms with Gasteiger partial charge >= 0.3 is 0 Å². The van der Waals surface area contributed by atoms with Crippen molar-refractivity contribution in [2.75, 3.05) is 5.32 Å². The zero-order chi connectivity index (χ0) is 14.7. The van der Waals surface area contributed by atoms with E-state index in [-0.39, 0.29) is 5.91 Å². The van der Waals surface area contributed by atoms with Crippen molar-refractivity contribution in [2.45, 2.75) is 0 Å². The molecule has 3 aromatic rings. The molecule has 0 atom stereocenters. The van der Waals surface area contributed by atoms with Crippen LogP contribution in [0.15, 0.2) is 55.2 Å². The van der Waals surface area contributed by atoms with Gasteiger partial charge in [0.05, 0.1) is 5.69 Å². The summed E-state index contributed by atoms with van der Waals surface area (Å²) in [6.45, 7) is 0. The molecule has 7 heteroatoms. The fraction of sp³-hybridized carbons (Fsp3) is 0. The number of pyridine rings is 1. The summed E-state index contributed by atoms with van der Waals surface area (Å²) in [5.41, 5.74) is 1.16. The lowest BCUT2D eigenvalue weighted by atomic mass is 10.2. The number of hydrogen-bond donors (Lipinski definition) is 1. The topological polar surface area (TPSA) is 72.7 Å². The Labute approximate surface area is 134 Å². The minimum Gasteiger partial charge on any atom is -0.319 e. The van der Waals surface area contributed by atoms with Crippen LogP contribution < -0.4 is 5.32 Å². The van der Waals surface area contributed by atoms with Gasteiger partial charge < -0.3 is 5.32 Å². The summed E-state index contributed by atoms with van der Waals surface area (Å²) in [5, 5.41) is 6.87. The number of carbonyl (C=O) groups is 1. The SMILES string of the molecule is O=C(Nc1cccnc1-n1cncn1)c1ccc(I)cc1. The summed E-state index contributed by atoms with van der Waals surface area (Å²) >= 11 is 2.20. The molecule has 0 saturated carbocycles. The number of aromatic nitrogens is 4. The Hall–Kier alpha value is -2.29. The van der Waals surface area contributed by atoms with Gasteiger partial charge in [0.25, 0.3) is 5.91 Å². The Bertz CT molecular complexity index is 755. The van der Waals surface area contributed by atoms with Crippen LogP contribution in [0.3, 0.4) is 0 Å². The van der Waals surface area contributed by atoms with Gasteiger partial charge in [0, 0.05) is 15.3 Å². The molecule has 2 heterocycles. The largest absolute Gasteiger partial charge is 0.319 e. The molecule has 21 heavy (non-hydrogen) atoms. The minimum atomic E-state index is -0.194. The molecular weight excluding hydrogens is 381 g/mol. The number of amides is 1. The number of carbonyl (C=O) groups excluding carboxylic acids is 1. The molecule has 1 aromatic carbocycles. The molecule has 0 unspecified atom stereocenters. The predicted octanol–water partition coefficient (Wildman–Crippen LogP) is 2.52. The second-order valence-corrected chi connectivity index (χ2v) is 5.42. The number of nitrogens with one attached hydrogen (secondary N) is 1. The first-order valence-electron chi connectivity index (χ1n) is 6.11. The van der Waals surface area contributed by atoms with E-state index in [0.29, 0.717) is 17.1 Å². The van der Waals surface area contributed by atoms with Gasteiger partial charge in [-0.05, 0) is 59.0 Å². The first kappa shape index (κ1) is 13.7. The number of hydrogen-bond acceptors (Lipinski definition) is 4. The van der Waals surface area contributed by atoms with Crippen LogP contribution in [0, 0.1) is 3.57 Å². The third-order valence-electron chi connectivity index (χ3n) is 2.78. The number of rotatable bonds is 3. The van der Waals surface area contributed by atoms with Crippen molar-refractivity contribution in [2.24, 2.45) is 0 Å². The van der Waals surface area contributed by atoms with Crippen LogP contribution in [-0.2, 0) is 0 Å². The molecule has 0 fully saturated rings. The maximum Gasteiger partial charge on any atom is 0.255 e. The quantitative estimate of drug-likeness (QED) is 0.697. The molecular formula is C14H10IN5O.